The summed E-state index contributed by atoms with van der Waals surface area (Å²) in [5, 5.41) is 5.90. The van der Waals surface area contributed by atoms with Crippen LogP contribution in [0.15, 0.2) is 0 Å². The van der Waals surface area contributed by atoms with E-state index in [2.05, 4.69) is 10.6 Å². The van der Waals surface area contributed by atoms with E-state index in [0.29, 0.717) is 26.3 Å². The molecule has 0 radical (unpaired) electrons. The van der Waals surface area contributed by atoms with Crippen LogP contribution in [0.2, 0.25) is 0 Å². The molecule has 8 nitrogen and oxygen atoms in total. The van der Waals surface area contributed by atoms with Gasteiger partial charge in [-0.25, -0.2) is 9.59 Å². The lowest BCUT2D eigenvalue weighted by atomic mass is 9.97. The van der Waals surface area contributed by atoms with Crippen LogP contribution in [0.4, 0.5) is 9.59 Å². The zero-order valence-electron chi connectivity index (χ0n) is 11.5. The molecule has 4 aliphatic heterocycles. The topological polar surface area (TPSA) is 89.7 Å². The van der Waals surface area contributed by atoms with E-state index in [-0.39, 0.29) is 24.3 Å². The standard InChI is InChI=1S/C12H18N4O4/c1-11-12(2,14-10(18)15(11)3-7-5-19-7)16(9(17)13-11)4-8-6-20-8/h7-8H,3-6H2,1-2H3,(H,13,17)(H,14,18). The fraction of sp³-hybridized carbons (Fsp3) is 0.833. The van der Waals surface area contributed by atoms with Crippen molar-refractivity contribution >= 4 is 12.1 Å². The third-order valence-electron chi connectivity index (χ3n) is 4.80. The van der Waals surface area contributed by atoms with Crippen LogP contribution < -0.4 is 10.6 Å². The molecule has 0 spiro atoms. The predicted octanol–water partition coefficient (Wildman–Crippen LogP) is -0.733. The van der Waals surface area contributed by atoms with Crippen LogP contribution >= 0.6 is 0 Å². The molecule has 0 aliphatic carbocycles. The molecule has 4 unspecified atom stereocenters. The van der Waals surface area contributed by atoms with Crippen molar-refractivity contribution in [2.24, 2.45) is 0 Å². The van der Waals surface area contributed by atoms with Gasteiger partial charge in [0.25, 0.3) is 0 Å². The van der Waals surface area contributed by atoms with Crippen LogP contribution in [-0.4, -0.2) is 71.7 Å². The van der Waals surface area contributed by atoms with Gasteiger partial charge >= 0.3 is 12.1 Å². The van der Waals surface area contributed by atoms with Crippen LogP contribution in [0.1, 0.15) is 13.8 Å². The molecule has 0 bridgehead atoms. The monoisotopic (exact) mass is 282 g/mol. The van der Waals surface area contributed by atoms with E-state index in [1.54, 1.807) is 9.80 Å². The van der Waals surface area contributed by atoms with E-state index in [4.69, 9.17) is 9.47 Å². The van der Waals surface area contributed by atoms with E-state index < -0.39 is 11.3 Å². The fourth-order valence-electron chi connectivity index (χ4n) is 3.15. The molecule has 4 saturated heterocycles. The maximum absolute atomic E-state index is 12.3. The minimum absolute atomic E-state index is 0.0812. The number of carbonyl (C=O) groups is 2. The van der Waals surface area contributed by atoms with Crippen LogP contribution in [-0.2, 0) is 9.47 Å². The Balaban J connectivity index is 1.65. The van der Waals surface area contributed by atoms with Crippen molar-refractivity contribution in [2.45, 2.75) is 37.4 Å². The molecule has 4 heterocycles. The van der Waals surface area contributed by atoms with Crippen molar-refractivity contribution < 1.29 is 19.1 Å². The average molecular weight is 282 g/mol. The van der Waals surface area contributed by atoms with E-state index in [1.165, 1.54) is 0 Å². The number of carbonyl (C=O) groups excluding carboxylic acids is 2. The Hall–Kier alpha value is -1.54. The van der Waals surface area contributed by atoms with Crippen molar-refractivity contribution in [3.05, 3.63) is 0 Å². The number of hydrogen-bond donors (Lipinski definition) is 2. The Kier molecular flexibility index (Phi) is 2.17. The van der Waals surface area contributed by atoms with Gasteiger partial charge in [0.05, 0.1) is 38.5 Å². The van der Waals surface area contributed by atoms with Crippen LogP contribution in [0.25, 0.3) is 0 Å². The molecule has 4 rings (SSSR count). The number of ether oxygens (including phenoxy) is 2. The highest BCUT2D eigenvalue weighted by Crippen LogP contribution is 2.41. The number of nitrogens with one attached hydrogen (secondary N) is 2. The Bertz CT molecular complexity index is 448. The summed E-state index contributed by atoms with van der Waals surface area (Å²) in [4.78, 5) is 27.9. The number of urea groups is 2. The lowest BCUT2D eigenvalue weighted by Crippen LogP contribution is -2.64. The van der Waals surface area contributed by atoms with E-state index >= 15 is 0 Å². The first-order chi connectivity index (χ1) is 9.44. The Morgan fingerprint density at radius 1 is 1.00 bits per heavy atom. The molecule has 0 aromatic heterocycles. The second-order valence-electron chi connectivity index (χ2n) is 6.14. The summed E-state index contributed by atoms with van der Waals surface area (Å²) < 4.78 is 10.4. The van der Waals surface area contributed by atoms with Crippen molar-refractivity contribution in [2.75, 3.05) is 26.3 Å². The predicted molar refractivity (Wildman–Crippen MR) is 66.8 cm³/mol. The normalized spacial score (nSPS) is 45.3. The molecule has 4 aliphatic rings. The highest BCUT2D eigenvalue weighted by Gasteiger charge is 2.68. The van der Waals surface area contributed by atoms with Crippen LogP contribution in [0.5, 0.6) is 0 Å². The molecule has 4 fully saturated rings. The highest BCUT2D eigenvalue weighted by molar-refractivity contribution is 5.88. The molecule has 110 valence electrons. The van der Waals surface area contributed by atoms with Gasteiger partial charge in [0.2, 0.25) is 0 Å². The summed E-state index contributed by atoms with van der Waals surface area (Å²) in [5.74, 6) is 0. The Labute approximate surface area is 116 Å². The third-order valence-corrected chi connectivity index (χ3v) is 4.80. The van der Waals surface area contributed by atoms with Gasteiger partial charge in [-0.05, 0) is 13.8 Å². The average Bonchev–Trinajstić information content (AvgIpc) is 3.23. The summed E-state index contributed by atoms with van der Waals surface area (Å²) in [6, 6.07) is -0.348. The first-order valence-corrected chi connectivity index (χ1v) is 6.87. The molecule has 0 aromatic carbocycles. The van der Waals surface area contributed by atoms with Gasteiger partial charge in [-0.3, -0.25) is 9.80 Å². The summed E-state index contributed by atoms with van der Waals surface area (Å²) in [7, 11) is 0. The van der Waals surface area contributed by atoms with Gasteiger partial charge in [0.1, 0.15) is 0 Å². The number of fused-ring (bicyclic) bond motifs is 1. The number of epoxide rings is 2. The van der Waals surface area contributed by atoms with Gasteiger partial charge in [0.15, 0.2) is 11.3 Å². The Morgan fingerprint density at radius 2 is 1.35 bits per heavy atom. The van der Waals surface area contributed by atoms with Gasteiger partial charge in [-0.15, -0.1) is 0 Å². The van der Waals surface area contributed by atoms with Crippen LogP contribution in [0, 0.1) is 0 Å². The Morgan fingerprint density at radius 3 is 1.65 bits per heavy atom. The quantitative estimate of drug-likeness (QED) is 0.665. The molecule has 2 N–H and O–H groups in total. The summed E-state index contributed by atoms with van der Waals surface area (Å²) in [6.45, 7) is 6.07. The van der Waals surface area contributed by atoms with Crippen LogP contribution in [0.3, 0.4) is 0 Å². The lowest BCUT2D eigenvalue weighted by molar-refractivity contribution is 0.0538. The first kappa shape index (κ1) is 12.2. The molecule has 4 amide bonds. The SMILES string of the molecule is CC12NC(=O)N(CC3CO3)C1(C)NC(=O)N2CC1CO1. The third kappa shape index (κ3) is 1.49. The molecular weight excluding hydrogens is 264 g/mol. The summed E-state index contributed by atoms with van der Waals surface area (Å²) >= 11 is 0. The second-order valence-corrected chi connectivity index (χ2v) is 6.14. The minimum atomic E-state index is -0.776. The zero-order chi connectivity index (χ0) is 14.1. The molecule has 0 aromatic rings. The van der Waals surface area contributed by atoms with Crippen molar-refractivity contribution in [3.8, 4) is 0 Å². The number of amides is 4. The minimum Gasteiger partial charge on any atom is -0.371 e. The second kappa shape index (κ2) is 3.56. The summed E-state index contributed by atoms with van der Waals surface area (Å²) in [5.41, 5.74) is -1.55. The highest BCUT2D eigenvalue weighted by atomic mass is 16.6. The van der Waals surface area contributed by atoms with Gasteiger partial charge in [0, 0.05) is 0 Å². The maximum Gasteiger partial charge on any atom is 0.321 e. The fourth-order valence-corrected chi connectivity index (χ4v) is 3.15. The van der Waals surface area contributed by atoms with Gasteiger partial charge < -0.3 is 20.1 Å². The smallest absolute Gasteiger partial charge is 0.321 e. The zero-order valence-corrected chi connectivity index (χ0v) is 11.5. The molecule has 8 heteroatoms. The van der Waals surface area contributed by atoms with Gasteiger partial charge in [-0.1, -0.05) is 0 Å². The van der Waals surface area contributed by atoms with Crippen molar-refractivity contribution in [3.63, 3.8) is 0 Å². The molecule has 4 atom stereocenters. The maximum atomic E-state index is 12.3. The molecule has 20 heavy (non-hydrogen) atoms. The van der Waals surface area contributed by atoms with Crippen molar-refractivity contribution in [1.29, 1.82) is 0 Å². The number of nitrogens with zero attached hydrogens (tertiary/aromatic N) is 2. The lowest BCUT2D eigenvalue weighted by Gasteiger charge is -2.39. The first-order valence-electron chi connectivity index (χ1n) is 6.87. The van der Waals surface area contributed by atoms with E-state index in [9.17, 15) is 9.59 Å². The number of rotatable bonds is 4. The van der Waals surface area contributed by atoms with E-state index in [1.807, 2.05) is 13.8 Å². The van der Waals surface area contributed by atoms with Gasteiger partial charge in [-0.2, -0.15) is 0 Å². The van der Waals surface area contributed by atoms with Crippen molar-refractivity contribution in [1.82, 2.24) is 20.4 Å². The molecular formula is C12H18N4O4. The molecule has 0 saturated carbocycles. The summed E-state index contributed by atoms with van der Waals surface area (Å²) in [6.07, 6.45) is 0.162. The van der Waals surface area contributed by atoms with E-state index in [0.717, 1.165) is 0 Å². The largest absolute Gasteiger partial charge is 0.371 e. The number of hydrogen-bond acceptors (Lipinski definition) is 4.